The molecule has 0 radical (unpaired) electrons. The fourth-order valence-corrected chi connectivity index (χ4v) is 3.32. The molecule has 0 N–H and O–H groups in total. The van der Waals surface area contributed by atoms with Gasteiger partial charge in [0.2, 0.25) is 0 Å². The monoisotopic (exact) mass is 401 g/mol. The Balaban J connectivity index is 2.21. The Hall–Kier alpha value is -1.36. The van der Waals surface area contributed by atoms with Crippen molar-refractivity contribution >= 4 is 23.5 Å². The van der Waals surface area contributed by atoms with Crippen LogP contribution in [-0.2, 0) is 7.05 Å². The fraction of sp³-hybridized carbons (Fsp3) is 0.429. The van der Waals surface area contributed by atoms with E-state index in [1.54, 1.807) is 19.1 Å². The van der Waals surface area contributed by atoms with Crippen LogP contribution in [0.15, 0.2) is 28.3 Å². The summed E-state index contributed by atoms with van der Waals surface area (Å²) < 4.78 is 75.3. The van der Waals surface area contributed by atoms with Crippen LogP contribution in [0.5, 0.6) is 0 Å². The highest BCUT2D eigenvalue weighted by Crippen LogP contribution is 2.33. The second-order valence-corrected chi connectivity index (χ2v) is 7.09. The lowest BCUT2D eigenvalue weighted by atomic mass is 10.1. The molecule has 138 valence electrons. The highest BCUT2D eigenvalue weighted by molar-refractivity contribution is 7.99. The minimum absolute atomic E-state index is 0.0809. The Morgan fingerprint density at radius 1 is 1.00 bits per heavy atom. The zero-order valence-electron chi connectivity index (χ0n) is 13.1. The van der Waals surface area contributed by atoms with E-state index >= 15 is 0 Å². The van der Waals surface area contributed by atoms with E-state index in [1.807, 2.05) is 0 Å². The molecule has 1 heterocycles. The zero-order valence-corrected chi connectivity index (χ0v) is 14.7. The van der Waals surface area contributed by atoms with Crippen LogP contribution in [0.3, 0.4) is 0 Å². The minimum Gasteiger partial charge on any atom is -0.243 e. The van der Waals surface area contributed by atoms with Gasteiger partial charge in [-0.3, -0.25) is 0 Å². The summed E-state index contributed by atoms with van der Waals surface area (Å²) in [7, 11) is 1.46. The summed E-state index contributed by atoms with van der Waals surface area (Å²) in [5.41, 5.74) is 1.12. The van der Waals surface area contributed by atoms with Gasteiger partial charge in [-0.25, -0.2) is 9.67 Å². The fourth-order valence-electron chi connectivity index (χ4n) is 1.82. The molecule has 11 heteroatoms. The van der Waals surface area contributed by atoms with Crippen LogP contribution in [0, 0.1) is 6.92 Å². The number of benzene rings is 1. The van der Waals surface area contributed by atoms with Gasteiger partial charge in [0.25, 0.3) is 0 Å². The number of aryl methyl sites for hydroxylation is 2. The molecule has 0 aliphatic carbocycles. The molecule has 1 aromatic carbocycles. The lowest BCUT2D eigenvalue weighted by molar-refractivity contribution is -0.106. The SMILES string of the molecule is Cc1ccc(-c2nc(SCC(F)(F)F)n(C)n2)cc1SCC(F)(F)F. The second kappa shape index (κ2) is 7.48. The van der Waals surface area contributed by atoms with Crippen molar-refractivity contribution in [1.29, 1.82) is 0 Å². The average Bonchev–Trinajstić information content (AvgIpc) is 2.84. The molecule has 0 unspecified atom stereocenters. The number of alkyl halides is 6. The number of nitrogens with zero attached hydrogens (tertiary/aromatic N) is 3. The van der Waals surface area contributed by atoms with E-state index in [0.29, 0.717) is 39.5 Å². The van der Waals surface area contributed by atoms with Crippen LogP contribution < -0.4 is 0 Å². The van der Waals surface area contributed by atoms with Crippen LogP contribution in [0.1, 0.15) is 5.56 Å². The average molecular weight is 401 g/mol. The van der Waals surface area contributed by atoms with Crippen LogP contribution in [-0.4, -0.2) is 38.6 Å². The number of thioether (sulfide) groups is 2. The van der Waals surface area contributed by atoms with E-state index in [1.165, 1.54) is 17.8 Å². The number of hydrogen-bond donors (Lipinski definition) is 0. The van der Waals surface area contributed by atoms with Crippen molar-refractivity contribution in [1.82, 2.24) is 14.8 Å². The first kappa shape index (κ1) is 20.0. The molecule has 0 fully saturated rings. The number of hydrogen-bond acceptors (Lipinski definition) is 4. The summed E-state index contributed by atoms with van der Waals surface area (Å²) in [6, 6.07) is 4.77. The molecule has 0 spiro atoms. The van der Waals surface area contributed by atoms with Gasteiger partial charge in [0.15, 0.2) is 11.0 Å². The van der Waals surface area contributed by atoms with Crippen LogP contribution in [0.25, 0.3) is 11.4 Å². The normalized spacial score (nSPS) is 12.6. The topological polar surface area (TPSA) is 30.7 Å². The summed E-state index contributed by atoms with van der Waals surface area (Å²) in [6.45, 7) is 1.68. The molecule has 25 heavy (non-hydrogen) atoms. The van der Waals surface area contributed by atoms with Gasteiger partial charge in [0, 0.05) is 17.5 Å². The smallest absolute Gasteiger partial charge is 0.243 e. The first-order chi connectivity index (χ1) is 11.4. The molecule has 0 bridgehead atoms. The number of aromatic nitrogens is 3. The highest BCUT2D eigenvalue weighted by atomic mass is 32.2. The Morgan fingerprint density at radius 3 is 2.20 bits per heavy atom. The number of halogens is 6. The van der Waals surface area contributed by atoms with Gasteiger partial charge in [-0.2, -0.15) is 31.4 Å². The Kier molecular flexibility index (Phi) is 5.97. The zero-order chi connectivity index (χ0) is 18.8. The molecule has 0 amide bonds. The standard InChI is InChI=1S/C14H13F6N3S2/c1-8-3-4-9(5-10(8)24-6-13(15,16)17)11-21-12(23(2)22-11)25-7-14(18,19)20/h3-5H,6-7H2,1-2H3. The van der Waals surface area contributed by atoms with Gasteiger partial charge in [-0.15, -0.1) is 11.8 Å². The van der Waals surface area contributed by atoms with E-state index < -0.39 is 23.9 Å². The van der Waals surface area contributed by atoms with Crippen molar-refractivity contribution in [2.45, 2.75) is 29.3 Å². The van der Waals surface area contributed by atoms with Crippen molar-refractivity contribution < 1.29 is 26.3 Å². The van der Waals surface area contributed by atoms with Crippen LogP contribution >= 0.6 is 23.5 Å². The van der Waals surface area contributed by atoms with Gasteiger partial charge >= 0.3 is 12.4 Å². The van der Waals surface area contributed by atoms with Gasteiger partial charge < -0.3 is 0 Å². The van der Waals surface area contributed by atoms with E-state index in [-0.39, 0.29) is 11.0 Å². The van der Waals surface area contributed by atoms with E-state index in [0.717, 1.165) is 0 Å². The Labute approximate surface area is 148 Å². The molecule has 0 saturated heterocycles. The Bertz CT molecular complexity index is 739. The van der Waals surface area contributed by atoms with E-state index in [2.05, 4.69) is 10.1 Å². The van der Waals surface area contributed by atoms with Crippen molar-refractivity contribution in [3.8, 4) is 11.4 Å². The van der Waals surface area contributed by atoms with Crippen LogP contribution in [0.2, 0.25) is 0 Å². The Morgan fingerprint density at radius 2 is 1.60 bits per heavy atom. The highest BCUT2D eigenvalue weighted by Gasteiger charge is 2.29. The largest absolute Gasteiger partial charge is 0.398 e. The lowest BCUT2D eigenvalue weighted by Crippen LogP contribution is -2.11. The predicted octanol–water partition coefficient (Wildman–Crippen LogP) is 5.10. The maximum absolute atomic E-state index is 12.4. The molecule has 0 aliphatic rings. The summed E-state index contributed by atoms with van der Waals surface area (Å²) >= 11 is 1.15. The van der Waals surface area contributed by atoms with Crippen LogP contribution in [0.4, 0.5) is 26.3 Å². The maximum Gasteiger partial charge on any atom is 0.398 e. The predicted molar refractivity (Wildman–Crippen MR) is 84.7 cm³/mol. The lowest BCUT2D eigenvalue weighted by Gasteiger charge is -2.09. The summed E-state index contributed by atoms with van der Waals surface area (Å²) in [4.78, 5) is 4.47. The molecule has 0 aliphatic heterocycles. The third-order valence-corrected chi connectivity index (χ3v) is 5.23. The van der Waals surface area contributed by atoms with E-state index in [9.17, 15) is 26.3 Å². The van der Waals surface area contributed by atoms with Gasteiger partial charge in [0.05, 0.1) is 11.5 Å². The third kappa shape index (κ3) is 6.14. The first-order valence-electron chi connectivity index (χ1n) is 6.86. The number of rotatable bonds is 5. The van der Waals surface area contributed by atoms with Crippen molar-refractivity contribution in [3.63, 3.8) is 0 Å². The maximum atomic E-state index is 12.4. The quantitative estimate of drug-likeness (QED) is 0.515. The van der Waals surface area contributed by atoms with E-state index in [4.69, 9.17) is 0 Å². The molecule has 2 rings (SSSR count). The van der Waals surface area contributed by atoms with Crippen molar-refractivity contribution in [3.05, 3.63) is 23.8 Å². The van der Waals surface area contributed by atoms with Crippen molar-refractivity contribution in [2.24, 2.45) is 7.05 Å². The van der Waals surface area contributed by atoms with Gasteiger partial charge in [-0.05, 0) is 18.6 Å². The molecule has 3 nitrogen and oxygen atoms in total. The molecular formula is C14H13F6N3S2. The van der Waals surface area contributed by atoms with Gasteiger partial charge in [0.1, 0.15) is 0 Å². The first-order valence-corrected chi connectivity index (χ1v) is 8.83. The second-order valence-electron chi connectivity index (χ2n) is 5.13. The van der Waals surface area contributed by atoms with Gasteiger partial charge in [-0.1, -0.05) is 23.9 Å². The van der Waals surface area contributed by atoms with Crippen molar-refractivity contribution in [2.75, 3.05) is 11.5 Å². The minimum atomic E-state index is -4.33. The molecule has 1 aromatic heterocycles. The molecular weight excluding hydrogens is 388 g/mol. The third-order valence-electron chi connectivity index (χ3n) is 2.93. The summed E-state index contributed by atoms with van der Waals surface area (Å²) in [5, 5.41) is 4.13. The summed E-state index contributed by atoms with van der Waals surface area (Å²) in [5.74, 6) is -1.96. The summed E-state index contributed by atoms with van der Waals surface area (Å²) in [6.07, 6.45) is -8.63. The molecule has 0 atom stereocenters. The molecule has 2 aromatic rings. The molecule has 0 saturated carbocycles.